The third kappa shape index (κ3) is 3.80. The summed E-state index contributed by atoms with van der Waals surface area (Å²) in [4.78, 5) is 0. The van der Waals surface area contributed by atoms with Gasteiger partial charge in [-0.1, -0.05) is 12.1 Å². The average Bonchev–Trinajstić information content (AvgIpc) is 2.20. The second-order valence-electron chi connectivity index (χ2n) is 3.60. The SMILES string of the molecule is CN(C)S(=O)(=O)NCCc1ccc(O)cc1. The molecule has 1 aromatic carbocycles. The molecule has 0 radical (unpaired) electrons. The first-order chi connectivity index (χ1) is 7.42. The van der Waals surface area contributed by atoms with Crippen molar-refractivity contribution in [3.63, 3.8) is 0 Å². The zero-order valence-electron chi connectivity index (χ0n) is 9.34. The first kappa shape index (κ1) is 13.0. The first-order valence-electron chi connectivity index (χ1n) is 4.87. The van der Waals surface area contributed by atoms with Gasteiger partial charge in [0, 0.05) is 20.6 Å². The summed E-state index contributed by atoms with van der Waals surface area (Å²) in [7, 11) is -0.392. The fourth-order valence-corrected chi connectivity index (χ4v) is 1.73. The Kier molecular flexibility index (Phi) is 4.28. The maximum Gasteiger partial charge on any atom is 0.278 e. The minimum atomic E-state index is -3.34. The number of phenols is 1. The zero-order chi connectivity index (χ0) is 12.2. The lowest BCUT2D eigenvalue weighted by molar-refractivity contribution is 0.475. The average molecular weight is 244 g/mol. The molecule has 1 rings (SSSR count). The molecule has 0 aliphatic heterocycles. The predicted octanol–water partition coefficient (Wildman–Crippen LogP) is 0.331. The summed E-state index contributed by atoms with van der Waals surface area (Å²) < 4.78 is 26.3. The summed E-state index contributed by atoms with van der Waals surface area (Å²) >= 11 is 0. The number of hydrogen-bond acceptors (Lipinski definition) is 3. The van der Waals surface area contributed by atoms with Crippen LogP contribution in [0, 0.1) is 0 Å². The molecule has 1 aromatic rings. The second-order valence-corrected chi connectivity index (χ2v) is 5.57. The van der Waals surface area contributed by atoms with Gasteiger partial charge in [-0.25, -0.2) is 4.72 Å². The lowest BCUT2D eigenvalue weighted by atomic mass is 10.1. The maximum absolute atomic E-state index is 11.3. The molecule has 0 unspecified atom stereocenters. The summed E-state index contributed by atoms with van der Waals surface area (Å²) in [5, 5.41) is 9.07. The van der Waals surface area contributed by atoms with Crippen LogP contribution in [-0.4, -0.2) is 38.5 Å². The van der Waals surface area contributed by atoms with E-state index >= 15 is 0 Å². The largest absolute Gasteiger partial charge is 0.508 e. The maximum atomic E-state index is 11.3. The predicted molar refractivity (Wildman–Crippen MR) is 62.4 cm³/mol. The molecule has 0 heterocycles. The van der Waals surface area contributed by atoms with E-state index in [1.807, 2.05) is 0 Å². The van der Waals surface area contributed by atoms with Crippen LogP contribution in [0.25, 0.3) is 0 Å². The minimum absolute atomic E-state index is 0.206. The topological polar surface area (TPSA) is 69.6 Å². The molecule has 0 spiro atoms. The summed E-state index contributed by atoms with van der Waals surface area (Å²) in [6.45, 7) is 0.339. The molecule has 90 valence electrons. The van der Waals surface area contributed by atoms with Gasteiger partial charge in [0.2, 0.25) is 0 Å². The van der Waals surface area contributed by atoms with Gasteiger partial charge >= 0.3 is 0 Å². The van der Waals surface area contributed by atoms with Gasteiger partial charge in [0.15, 0.2) is 0 Å². The van der Waals surface area contributed by atoms with Gasteiger partial charge in [-0.05, 0) is 24.1 Å². The molecule has 0 aliphatic carbocycles. The van der Waals surface area contributed by atoms with Crippen molar-refractivity contribution in [3.05, 3.63) is 29.8 Å². The summed E-state index contributed by atoms with van der Waals surface area (Å²) in [5.74, 6) is 0.206. The summed E-state index contributed by atoms with van der Waals surface area (Å²) in [6.07, 6.45) is 0.591. The van der Waals surface area contributed by atoms with Crippen molar-refractivity contribution in [2.24, 2.45) is 0 Å². The van der Waals surface area contributed by atoms with Crippen LogP contribution in [0.2, 0.25) is 0 Å². The third-order valence-corrected chi connectivity index (χ3v) is 3.65. The van der Waals surface area contributed by atoms with Crippen molar-refractivity contribution in [1.82, 2.24) is 9.03 Å². The Morgan fingerprint density at radius 3 is 2.31 bits per heavy atom. The number of benzene rings is 1. The van der Waals surface area contributed by atoms with E-state index < -0.39 is 10.2 Å². The standard InChI is InChI=1S/C10H16N2O3S/c1-12(2)16(14,15)11-8-7-9-3-5-10(13)6-4-9/h3-6,11,13H,7-8H2,1-2H3. The van der Waals surface area contributed by atoms with Crippen molar-refractivity contribution < 1.29 is 13.5 Å². The molecule has 0 bridgehead atoms. The molecular weight excluding hydrogens is 228 g/mol. The smallest absolute Gasteiger partial charge is 0.278 e. The van der Waals surface area contributed by atoms with Crippen LogP contribution in [0.4, 0.5) is 0 Å². The molecular formula is C10H16N2O3S. The van der Waals surface area contributed by atoms with Crippen molar-refractivity contribution in [3.8, 4) is 5.75 Å². The van der Waals surface area contributed by atoms with E-state index in [2.05, 4.69) is 4.72 Å². The first-order valence-corrected chi connectivity index (χ1v) is 6.31. The highest BCUT2D eigenvalue weighted by Gasteiger charge is 2.11. The van der Waals surface area contributed by atoms with Gasteiger partial charge in [0.1, 0.15) is 5.75 Å². The number of aromatic hydroxyl groups is 1. The molecule has 0 aliphatic rings. The Balaban J connectivity index is 2.45. The van der Waals surface area contributed by atoms with Crippen LogP contribution < -0.4 is 4.72 Å². The number of hydrogen-bond donors (Lipinski definition) is 2. The molecule has 0 saturated heterocycles. The number of nitrogens with one attached hydrogen (secondary N) is 1. The van der Waals surface area contributed by atoms with Gasteiger partial charge < -0.3 is 5.11 Å². The monoisotopic (exact) mass is 244 g/mol. The minimum Gasteiger partial charge on any atom is -0.508 e. The van der Waals surface area contributed by atoms with Crippen molar-refractivity contribution in [2.75, 3.05) is 20.6 Å². The van der Waals surface area contributed by atoms with Crippen LogP contribution in [0.1, 0.15) is 5.56 Å². The molecule has 0 aromatic heterocycles. The van der Waals surface area contributed by atoms with Gasteiger partial charge in [-0.15, -0.1) is 0 Å². The fraction of sp³-hybridized carbons (Fsp3) is 0.400. The molecule has 0 atom stereocenters. The Hall–Kier alpha value is -1.11. The number of phenolic OH excluding ortho intramolecular Hbond substituents is 1. The Morgan fingerprint density at radius 2 is 1.81 bits per heavy atom. The van der Waals surface area contributed by atoms with E-state index in [9.17, 15) is 8.42 Å². The quantitative estimate of drug-likeness (QED) is 0.784. The normalized spacial score (nSPS) is 11.9. The molecule has 2 N–H and O–H groups in total. The van der Waals surface area contributed by atoms with Crippen LogP contribution >= 0.6 is 0 Å². The molecule has 6 heteroatoms. The summed E-state index contributed by atoms with van der Waals surface area (Å²) in [5.41, 5.74) is 0.972. The van der Waals surface area contributed by atoms with E-state index in [1.165, 1.54) is 14.1 Å². The van der Waals surface area contributed by atoms with Crippen molar-refractivity contribution in [2.45, 2.75) is 6.42 Å². The molecule has 5 nitrogen and oxygen atoms in total. The Bertz CT molecular complexity index is 426. The van der Waals surface area contributed by atoms with Crippen LogP contribution in [-0.2, 0) is 16.6 Å². The number of nitrogens with zero attached hydrogens (tertiary/aromatic N) is 1. The highest BCUT2D eigenvalue weighted by atomic mass is 32.2. The lowest BCUT2D eigenvalue weighted by Crippen LogP contribution is -2.36. The highest BCUT2D eigenvalue weighted by molar-refractivity contribution is 7.87. The summed E-state index contributed by atoms with van der Waals surface area (Å²) in [6, 6.07) is 6.68. The Labute approximate surface area is 95.9 Å². The zero-order valence-corrected chi connectivity index (χ0v) is 10.2. The van der Waals surface area contributed by atoms with E-state index in [4.69, 9.17) is 5.11 Å². The van der Waals surface area contributed by atoms with Crippen molar-refractivity contribution in [1.29, 1.82) is 0 Å². The molecule has 0 saturated carbocycles. The van der Waals surface area contributed by atoms with E-state index in [1.54, 1.807) is 24.3 Å². The van der Waals surface area contributed by atoms with E-state index in [0.29, 0.717) is 13.0 Å². The number of rotatable bonds is 5. The van der Waals surface area contributed by atoms with Gasteiger partial charge in [0.25, 0.3) is 10.2 Å². The molecule has 16 heavy (non-hydrogen) atoms. The van der Waals surface area contributed by atoms with Gasteiger partial charge in [-0.3, -0.25) is 0 Å². The van der Waals surface area contributed by atoms with E-state index in [0.717, 1.165) is 9.87 Å². The third-order valence-electron chi connectivity index (χ3n) is 2.12. The fourth-order valence-electron chi connectivity index (χ4n) is 1.12. The van der Waals surface area contributed by atoms with Crippen molar-refractivity contribution >= 4 is 10.2 Å². The second kappa shape index (κ2) is 5.29. The Morgan fingerprint density at radius 1 is 1.25 bits per heavy atom. The van der Waals surface area contributed by atoms with Gasteiger partial charge in [0.05, 0.1) is 0 Å². The lowest BCUT2D eigenvalue weighted by Gasteiger charge is -2.12. The molecule has 0 amide bonds. The van der Waals surface area contributed by atoms with Crippen LogP contribution in [0.15, 0.2) is 24.3 Å². The van der Waals surface area contributed by atoms with Crippen LogP contribution in [0.3, 0.4) is 0 Å². The van der Waals surface area contributed by atoms with E-state index in [-0.39, 0.29) is 5.75 Å². The van der Waals surface area contributed by atoms with Crippen LogP contribution in [0.5, 0.6) is 5.75 Å². The van der Waals surface area contributed by atoms with Gasteiger partial charge in [-0.2, -0.15) is 12.7 Å². The molecule has 0 fully saturated rings. The highest BCUT2D eigenvalue weighted by Crippen LogP contribution is 2.09.